The highest BCUT2D eigenvalue weighted by Gasteiger charge is 2.27. The molecule has 20 heavy (non-hydrogen) atoms. The lowest BCUT2D eigenvalue weighted by atomic mass is 9.84. The van der Waals surface area contributed by atoms with Crippen molar-refractivity contribution in [3.05, 3.63) is 24.3 Å². The van der Waals surface area contributed by atoms with E-state index >= 15 is 0 Å². The second-order valence-corrected chi connectivity index (χ2v) is 6.30. The standard InChI is InChI=1S/C16H26N2O2/c1-5-18(13-7-6-8-14(19)9-13)15(20)12(11-17)10-16(2,3)4/h6-9,12,19H,5,10-11,17H2,1-4H3. The van der Waals surface area contributed by atoms with Gasteiger partial charge >= 0.3 is 0 Å². The van der Waals surface area contributed by atoms with Crippen LogP contribution in [0.3, 0.4) is 0 Å². The Labute approximate surface area is 121 Å². The predicted molar refractivity (Wildman–Crippen MR) is 82.8 cm³/mol. The van der Waals surface area contributed by atoms with Crippen molar-refractivity contribution in [1.82, 2.24) is 0 Å². The zero-order valence-electron chi connectivity index (χ0n) is 12.9. The van der Waals surface area contributed by atoms with E-state index < -0.39 is 0 Å². The number of amides is 1. The molecule has 0 aliphatic rings. The number of nitrogens with two attached hydrogens (primary N) is 1. The van der Waals surface area contributed by atoms with Gasteiger partial charge in [0.1, 0.15) is 5.75 Å². The molecule has 0 aromatic heterocycles. The lowest BCUT2D eigenvalue weighted by Crippen LogP contribution is -2.40. The summed E-state index contributed by atoms with van der Waals surface area (Å²) in [6, 6.07) is 6.76. The third-order valence-electron chi connectivity index (χ3n) is 3.22. The van der Waals surface area contributed by atoms with Crippen molar-refractivity contribution in [2.45, 2.75) is 34.1 Å². The maximum absolute atomic E-state index is 12.7. The maximum Gasteiger partial charge on any atom is 0.231 e. The monoisotopic (exact) mass is 278 g/mol. The Kier molecular flexibility index (Phi) is 5.57. The first-order chi connectivity index (χ1) is 9.28. The summed E-state index contributed by atoms with van der Waals surface area (Å²) in [5.41, 5.74) is 6.55. The van der Waals surface area contributed by atoms with Crippen LogP contribution in [0.25, 0.3) is 0 Å². The normalized spacial score (nSPS) is 13.1. The molecule has 0 aliphatic heterocycles. The van der Waals surface area contributed by atoms with Crippen molar-refractivity contribution < 1.29 is 9.90 Å². The predicted octanol–water partition coefficient (Wildman–Crippen LogP) is 2.76. The van der Waals surface area contributed by atoms with Gasteiger partial charge in [0.25, 0.3) is 0 Å². The lowest BCUT2D eigenvalue weighted by molar-refractivity contribution is -0.122. The van der Waals surface area contributed by atoms with Crippen LogP contribution in [0.5, 0.6) is 5.75 Å². The van der Waals surface area contributed by atoms with Crippen LogP contribution in [-0.2, 0) is 4.79 Å². The Hall–Kier alpha value is -1.55. The fourth-order valence-corrected chi connectivity index (χ4v) is 2.36. The SMILES string of the molecule is CCN(C(=O)C(CN)CC(C)(C)C)c1cccc(O)c1. The van der Waals surface area contributed by atoms with E-state index in [2.05, 4.69) is 20.8 Å². The third-order valence-corrected chi connectivity index (χ3v) is 3.22. The van der Waals surface area contributed by atoms with Crippen LogP contribution in [0.2, 0.25) is 0 Å². The van der Waals surface area contributed by atoms with Crippen LogP contribution in [-0.4, -0.2) is 24.1 Å². The van der Waals surface area contributed by atoms with Crippen molar-refractivity contribution in [2.75, 3.05) is 18.0 Å². The molecule has 4 heteroatoms. The molecule has 4 nitrogen and oxygen atoms in total. The van der Waals surface area contributed by atoms with E-state index in [0.29, 0.717) is 18.8 Å². The van der Waals surface area contributed by atoms with Gasteiger partial charge in [0.15, 0.2) is 0 Å². The van der Waals surface area contributed by atoms with Crippen LogP contribution in [0.15, 0.2) is 24.3 Å². The molecule has 112 valence electrons. The molecule has 0 radical (unpaired) electrons. The van der Waals surface area contributed by atoms with Crippen molar-refractivity contribution in [2.24, 2.45) is 17.1 Å². The molecule has 1 aromatic carbocycles. The summed E-state index contributed by atoms with van der Waals surface area (Å²) in [4.78, 5) is 14.3. The van der Waals surface area contributed by atoms with Gasteiger partial charge in [-0.05, 0) is 30.9 Å². The molecule has 0 saturated heterocycles. The molecule has 1 rings (SSSR count). The average Bonchev–Trinajstić information content (AvgIpc) is 2.35. The molecule has 0 heterocycles. The minimum absolute atomic E-state index is 0.0236. The van der Waals surface area contributed by atoms with E-state index in [1.165, 1.54) is 0 Å². The van der Waals surface area contributed by atoms with E-state index in [4.69, 9.17) is 5.73 Å². The van der Waals surface area contributed by atoms with Crippen molar-refractivity contribution >= 4 is 11.6 Å². The highest BCUT2D eigenvalue weighted by molar-refractivity contribution is 5.95. The number of anilines is 1. The highest BCUT2D eigenvalue weighted by atomic mass is 16.3. The highest BCUT2D eigenvalue weighted by Crippen LogP contribution is 2.27. The fourth-order valence-electron chi connectivity index (χ4n) is 2.36. The van der Waals surface area contributed by atoms with Gasteiger partial charge in [0, 0.05) is 24.8 Å². The molecule has 0 bridgehead atoms. The second kappa shape index (κ2) is 6.75. The first-order valence-corrected chi connectivity index (χ1v) is 7.09. The van der Waals surface area contributed by atoms with E-state index in [-0.39, 0.29) is 23.0 Å². The smallest absolute Gasteiger partial charge is 0.231 e. The quantitative estimate of drug-likeness (QED) is 0.870. The van der Waals surface area contributed by atoms with Crippen molar-refractivity contribution in [3.8, 4) is 5.75 Å². The first kappa shape index (κ1) is 16.5. The van der Waals surface area contributed by atoms with Crippen molar-refractivity contribution in [1.29, 1.82) is 0 Å². The minimum Gasteiger partial charge on any atom is -0.508 e. The number of phenols is 1. The number of aromatic hydroxyl groups is 1. The first-order valence-electron chi connectivity index (χ1n) is 7.09. The Morgan fingerprint density at radius 1 is 1.40 bits per heavy atom. The molecule has 1 unspecified atom stereocenters. The van der Waals surface area contributed by atoms with Gasteiger partial charge < -0.3 is 15.7 Å². The number of hydrogen-bond acceptors (Lipinski definition) is 3. The summed E-state index contributed by atoms with van der Waals surface area (Å²) in [5.74, 6) is -0.0123. The minimum atomic E-state index is -0.197. The Balaban J connectivity index is 2.96. The molecule has 0 saturated carbocycles. The van der Waals surface area contributed by atoms with Crippen LogP contribution >= 0.6 is 0 Å². The van der Waals surface area contributed by atoms with Crippen LogP contribution in [0.1, 0.15) is 34.1 Å². The number of phenolic OH excluding ortho intramolecular Hbond substituents is 1. The van der Waals surface area contributed by atoms with Crippen LogP contribution in [0, 0.1) is 11.3 Å². The summed E-state index contributed by atoms with van der Waals surface area (Å²) in [5, 5.41) is 9.56. The van der Waals surface area contributed by atoms with Crippen LogP contribution in [0.4, 0.5) is 5.69 Å². The maximum atomic E-state index is 12.7. The van der Waals surface area contributed by atoms with Crippen LogP contribution < -0.4 is 10.6 Å². The molecule has 0 aliphatic carbocycles. The number of carbonyl (C=O) groups excluding carboxylic acids is 1. The van der Waals surface area contributed by atoms with E-state index in [1.807, 2.05) is 13.0 Å². The van der Waals surface area contributed by atoms with Gasteiger partial charge in [-0.1, -0.05) is 26.8 Å². The molecule has 1 atom stereocenters. The second-order valence-electron chi connectivity index (χ2n) is 6.30. The summed E-state index contributed by atoms with van der Waals surface area (Å²) < 4.78 is 0. The summed E-state index contributed by atoms with van der Waals surface area (Å²) in [6.45, 7) is 9.13. The molecule has 3 N–H and O–H groups in total. The van der Waals surface area contributed by atoms with Gasteiger partial charge in [0.2, 0.25) is 5.91 Å². The van der Waals surface area contributed by atoms with Gasteiger partial charge in [-0.2, -0.15) is 0 Å². The van der Waals surface area contributed by atoms with Gasteiger partial charge in [-0.15, -0.1) is 0 Å². The summed E-state index contributed by atoms with van der Waals surface area (Å²) >= 11 is 0. The van der Waals surface area contributed by atoms with Crippen molar-refractivity contribution in [3.63, 3.8) is 0 Å². The summed E-state index contributed by atoms with van der Waals surface area (Å²) in [6.07, 6.45) is 0.748. The topological polar surface area (TPSA) is 66.6 Å². The number of hydrogen-bond donors (Lipinski definition) is 2. The Bertz CT molecular complexity index is 452. The number of nitrogens with zero attached hydrogens (tertiary/aromatic N) is 1. The largest absolute Gasteiger partial charge is 0.508 e. The van der Waals surface area contributed by atoms with E-state index in [1.54, 1.807) is 23.1 Å². The molecule has 0 fully saturated rings. The number of rotatable bonds is 5. The molecule has 0 spiro atoms. The van der Waals surface area contributed by atoms with E-state index in [9.17, 15) is 9.90 Å². The lowest BCUT2D eigenvalue weighted by Gasteiger charge is -2.29. The van der Waals surface area contributed by atoms with Gasteiger partial charge in [-0.25, -0.2) is 0 Å². The summed E-state index contributed by atoms with van der Waals surface area (Å²) in [7, 11) is 0. The number of benzene rings is 1. The Morgan fingerprint density at radius 2 is 2.05 bits per heavy atom. The van der Waals surface area contributed by atoms with Gasteiger partial charge in [-0.3, -0.25) is 4.79 Å². The molecular weight excluding hydrogens is 252 g/mol. The molecule has 1 amide bonds. The third kappa shape index (κ3) is 4.53. The van der Waals surface area contributed by atoms with Gasteiger partial charge in [0.05, 0.1) is 5.92 Å². The zero-order chi connectivity index (χ0) is 15.3. The van der Waals surface area contributed by atoms with E-state index in [0.717, 1.165) is 6.42 Å². The average molecular weight is 278 g/mol. The Morgan fingerprint density at radius 3 is 2.50 bits per heavy atom. The zero-order valence-corrected chi connectivity index (χ0v) is 12.9. The fraction of sp³-hybridized carbons (Fsp3) is 0.562. The molecular formula is C16H26N2O2. The molecule has 1 aromatic rings. The number of carbonyl (C=O) groups is 1.